The molecule has 132 valence electrons. The fraction of sp³-hybridized carbons (Fsp3) is 0.316. The van der Waals surface area contributed by atoms with E-state index in [-0.39, 0.29) is 17.5 Å². The van der Waals surface area contributed by atoms with Crippen LogP contribution in [-0.4, -0.2) is 26.8 Å². The van der Waals surface area contributed by atoms with Crippen LogP contribution >= 0.6 is 0 Å². The van der Waals surface area contributed by atoms with E-state index >= 15 is 0 Å². The molecule has 0 saturated heterocycles. The first-order valence-electron chi connectivity index (χ1n) is 8.15. The highest BCUT2D eigenvalue weighted by Crippen LogP contribution is 2.23. The monoisotopic (exact) mass is 341 g/mol. The molecule has 6 heteroatoms. The van der Waals surface area contributed by atoms with Crippen molar-refractivity contribution in [3.8, 4) is 0 Å². The molecular formula is C19H23N3O3. The average molecular weight is 341 g/mol. The summed E-state index contributed by atoms with van der Waals surface area (Å²) in [6.07, 6.45) is 3.89. The molecular weight excluding hydrogens is 318 g/mol. The van der Waals surface area contributed by atoms with Crippen LogP contribution in [-0.2, 0) is 11.8 Å². The second-order valence-corrected chi connectivity index (χ2v) is 5.94. The second-order valence-electron chi connectivity index (χ2n) is 5.94. The third-order valence-electron chi connectivity index (χ3n) is 4.22. The van der Waals surface area contributed by atoms with Crippen molar-refractivity contribution in [3.05, 3.63) is 58.4 Å². The molecule has 1 aromatic heterocycles. The zero-order chi connectivity index (χ0) is 18.6. The third kappa shape index (κ3) is 4.35. The Bertz CT molecular complexity index is 804. The molecule has 2 aromatic rings. The van der Waals surface area contributed by atoms with E-state index in [1.807, 2.05) is 32.5 Å². The summed E-state index contributed by atoms with van der Waals surface area (Å²) in [5.74, 6) is -1.17. The maximum absolute atomic E-state index is 12.2. The topological polar surface area (TPSA) is 84.2 Å². The van der Waals surface area contributed by atoms with Gasteiger partial charge in [0.15, 0.2) is 0 Å². The lowest BCUT2D eigenvalue weighted by molar-refractivity contribution is -0.117. The number of hydrogen-bond donors (Lipinski definition) is 2. The number of carbonyl (C=O) groups is 2. The van der Waals surface area contributed by atoms with E-state index in [2.05, 4.69) is 10.4 Å². The summed E-state index contributed by atoms with van der Waals surface area (Å²) < 4.78 is 1.82. The summed E-state index contributed by atoms with van der Waals surface area (Å²) >= 11 is 0. The first kappa shape index (κ1) is 18.4. The van der Waals surface area contributed by atoms with Crippen molar-refractivity contribution in [3.63, 3.8) is 0 Å². The van der Waals surface area contributed by atoms with Crippen LogP contribution in [0.4, 0.5) is 0 Å². The van der Waals surface area contributed by atoms with E-state index < -0.39 is 5.97 Å². The number of aromatic nitrogens is 2. The summed E-state index contributed by atoms with van der Waals surface area (Å²) in [4.78, 5) is 23.1. The average Bonchev–Trinajstić information content (AvgIpc) is 2.83. The Morgan fingerprint density at radius 1 is 1.28 bits per heavy atom. The molecule has 1 atom stereocenters. The van der Waals surface area contributed by atoms with Crippen LogP contribution in [0.25, 0.3) is 6.08 Å². The molecule has 0 spiro atoms. The van der Waals surface area contributed by atoms with Gasteiger partial charge in [-0.15, -0.1) is 0 Å². The Hall–Kier alpha value is -2.89. The lowest BCUT2D eigenvalue weighted by Gasteiger charge is -2.16. The van der Waals surface area contributed by atoms with Crippen molar-refractivity contribution >= 4 is 18.0 Å². The number of amides is 1. The molecule has 0 radical (unpaired) electrons. The lowest BCUT2D eigenvalue weighted by atomic mass is 10.0. The highest BCUT2D eigenvalue weighted by Gasteiger charge is 2.19. The van der Waals surface area contributed by atoms with E-state index in [4.69, 9.17) is 5.11 Å². The lowest BCUT2D eigenvalue weighted by Crippen LogP contribution is -2.27. The van der Waals surface area contributed by atoms with Gasteiger partial charge in [-0.05, 0) is 44.0 Å². The predicted octanol–water partition coefficient (Wildman–Crippen LogP) is 3.02. The van der Waals surface area contributed by atoms with E-state index in [9.17, 15) is 9.59 Å². The number of nitrogens with zero attached hydrogens (tertiary/aromatic N) is 2. The van der Waals surface area contributed by atoms with Gasteiger partial charge < -0.3 is 10.4 Å². The number of aryl methyl sites for hydroxylation is 2. The summed E-state index contributed by atoms with van der Waals surface area (Å²) in [5, 5.41) is 16.3. The first-order valence-corrected chi connectivity index (χ1v) is 8.15. The van der Waals surface area contributed by atoms with Gasteiger partial charge in [-0.25, -0.2) is 4.79 Å². The van der Waals surface area contributed by atoms with Gasteiger partial charge in [0, 0.05) is 24.4 Å². The summed E-state index contributed by atoms with van der Waals surface area (Å²) in [5.41, 5.74) is 3.99. The van der Waals surface area contributed by atoms with Gasteiger partial charge in [-0.2, -0.15) is 5.10 Å². The van der Waals surface area contributed by atoms with Crippen LogP contribution in [0, 0.1) is 13.8 Å². The molecule has 1 amide bonds. The quantitative estimate of drug-likeness (QED) is 0.791. The minimum absolute atomic E-state index is 0.0970. The minimum Gasteiger partial charge on any atom is -0.478 e. The smallest absolute Gasteiger partial charge is 0.335 e. The first-order chi connectivity index (χ1) is 11.8. The fourth-order valence-corrected chi connectivity index (χ4v) is 2.80. The summed E-state index contributed by atoms with van der Waals surface area (Å²) in [6.45, 7) is 5.95. The Morgan fingerprint density at radius 3 is 2.40 bits per heavy atom. The number of benzene rings is 1. The largest absolute Gasteiger partial charge is 0.478 e. The van der Waals surface area contributed by atoms with Crippen LogP contribution in [0.1, 0.15) is 52.3 Å². The van der Waals surface area contributed by atoms with Gasteiger partial charge in [0.05, 0.1) is 17.3 Å². The molecule has 2 N–H and O–H groups in total. The van der Waals surface area contributed by atoms with E-state index in [1.165, 1.54) is 18.2 Å². The van der Waals surface area contributed by atoms with Crippen molar-refractivity contribution in [1.29, 1.82) is 0 Å². The highest BCUT2D eigenvalue weighted by molar-refractivity contribution is 5.92. The zero-order valence-electron chi connectivity index (χ0n) is 14.9. The summed E-state index contributed by atoms with van der Waals surface area (Å²) in [6, 6.07) is 6.26. The highest BCUT2D eigenvalue weighted by atomic mass is 16.4. The van der Waals surface area contributed by atoms with Crippen LogP contribution in [0.2, 0.25) is 0 Å². The van der Waals surface area contributed by atoms with Crippen molar-refractivity contribution < 1.29 is 14.7 Å². The van der Waals surface area contributed by atoms with Crippen LogP contribution in [0.15, 0.2) is 30.3 Å². The number of rotatable bonds is 6. The van der Waals surface area contributed by atoms with Crippen molar-refractivity contribution in [1.82, 2.24) is 15.1 Å². The Kier molecular flexibility index (Phi) is 5.75. The van der Waals surface area contributed by atoms with Crippen molar-refractivity contribution in [2.45, 2.75) is 33.2 Å². The molecule has 0 aliphatic heterocycles. The molecule has 0 aliphatic carbocycles. The molecule has 0 fully saturated rings. The van der Waals surface area contributed by atoms with Gasteiger partial charge in [-0.1, -0.05) is 19.1 Å². The fourth-order valence-electron chi connectivity index (χ4n) is 2.80. The molecule has 25 heavy (non-hydrogen) atoms. The van der Waals surface area contributed by atoms with E-state index in [0.717, 1.165) is 28.9 Å². The van der Waals surface area contributed by atoms with E-state index in [0.29, 0.717) is 0 Å². The molecule has 1 unspecified atom stereocenters. The third-order valence-corrected chi connectivity index (χ3v) is 4.22. The molecule has 2 rings (SSSR count). The van der Waals surface area contributed by atoms with Gasteiger partial charge in [-0.3, -0.25) is 9.48 Å². The second kappa shape index (κ2) is 7.79. The SMILES string of the molecule is CCC(NC(=O)/C=C/c1ccc(C(=O)O)cc1)c1c(C)nn(C)c1C. The van der Waals surface area contributed by atoms with Gasteiger partial charge >= 0.3 is 5.97 Å². The number of nitrogens with one attached hydrogen (secondary N) is 1. The minimum atomic E-state index is -0.971. The van der Waals surface area contributed by atoms with Crippen LogP contribution in [0.5, 0.6) is 0 Å². The van der Waals surface area contributed by atoms with Gasteiger partial charge in [0.2, 0.25) is 5.91 Å². The Balaban J connectivity index is 2.08. The number of carboxylic acids is 1. The molecule has 6 nitrogen and oxygen atoms in total. The maximum Gasteiger partial charge on any atom is 0.335 e. The normalized spacial score (nSPS) is 12.3. The number of hydrogen-bond acceptors (Lipinski definition) is 3. The molecule has 0 bridgehead atoms. The van der Waals surface area contributed by atoms with E-state index in [1.54, 1.807) is 18.2 Å². The van der Waals surface area contributed by atoms with Gasteiger partial charge in [0.25, 0.3) is 0 Å². The Labute approximate surface area is 147 Å². The Morgan fingerprint density at radius 2 is 1.92 bits per heavy atom. The van der Waals surface area contributed by atoms with Crippen LogP contribution < -0.4 is 5.32 Å². The van der Waals surface area contributed by atoms with Gasteiger partial charge in [0.1, 0.15) is 0 Å². The molecule has 0 aliphatic rings. The number of carbonyl (C=O) groups excluding carboxylic acids is 1. The molecule has 1 aromatic carbocycles. The summed E-state index contributed by atoms with van der Waals surface area (Å²) in [7, 11) is 1.89. The van der Waals surface area contributed by atoms with Crippen molar-refractivity contribution in [2.24, 2.45) is 7.05 Å². The molecule has 1 heterocycles. The molecule has 0 saturated carbocycles. The maximum atomic E-state index is 12.2. The number of aromatic carboxylic acids is 1. The van der Waals surface area contributed by atoms with Crippen LogP contribution in [0.3, 0.4) is 0 Å². The van der Waals surface area contributed by atoms with Crippen molar-refractivity contribution in [2.75, 3.05) is 0 Å². The standard InChI is InChI=1S/C19H23N3O3/c1-5-16(18-12(2)21-22(4)13(18)3)20-17(23)11-8-14-6-9-15(10-7-14)19(24)25/h6-11,16H,5H2,1-4H3,(H,20,23)(H,24,25)/b11-8+. The zero-order valence-corrected chi connectivity index (χ0v) is 14.9. The number of carboxylic acid groups (broad SMARTS) is 1. The predicted molar refractivity (Wildman–Crippen MR) is 96.3 cm³/mol.